The number of H-pyrrole nitrogens is 1. The zero-order valence-electron chi connectivity index (χ0n) is 13.7. The minimum absolute atomic E-state index is 0.0501. The maximum Gasteiger partial charge on any atom is 0.356 e. The zero-order valence-corrected chi connectivity index (χ0v) is 13.7. The summed E-state index contributed by atoms with van der Waals surface area (Å²) in [5.41, 5.74) is 1.23. The number of esters is 1. The SMILES string of the molecule is COC(=O)c1cc(C(=O)Nc2c[nH]c(C(=O)N3CCCC3)c2)ccn1. The van der Waals surface area contributed by atoms with Crippen molar-refractivity contribution in [2.24, 2.45) is 0 Å². The first-order valence-corrected chi connectivity index (χ1v) is 7.92. The van der Waals surface area contributed by atoms with Gasteiger partial charge in [-0.05, 0) is 31.0 Å². The van der Waals surface area contributed by atoms with E-state index in [1.807, 2.05) is 0 Å². The lowest BCUT2D eigenvalue weighted by Crippen LogP contribution is -2.27. The molecule has 130 valence electrons. The molecule has 1 aliphatic rings. The highest BCUT2D eigenvalue weighted by atomic mass is 16.5. The summed E-state index contributed by atoms with van der Waals surface area (Å²) in [4.78, 5) is 44.6. The van der Waals surface area contributed by atoms with Gasteiger partial charge in [-0.3, -0.25) is 9.59 Å². The summed E-state index contributed by atoms with van der Waals surface area (Å²) in [7, 11) is 1.25. The second-order valence-electron chi connectivity index (χ2n) is 5.68. The van der Waals surface area contributed by atoms with Crippen LogP contribution in [0.2, 0.25) is 0 Å². The number of pyridine rings is 1. The highest BCUT2D eigenvalue weighted by Crippen LogP contribution is 2.16. The summed E-state index contributed by atoms with van der Waals surface area (Å²) < 4.78 is 4.59. The quantitative estimate of drug-likeness (QED) is 0.823. The molecule has 8 nitrogen and oxygen atoms in total. The number of carbonyl (C=O) groups is 3. The molecule has 0 aliphatic carbocycles. The molecule has 8 heteroatoms. The molecule has 1 fully saturated rings. The van der Waals surface area contributed by atoms with Crippen LogP contribution in [0.4, 0.5) is 5.69 Å². The van der Waals surface area contributed by atoms with E-state index >= 15 is 0 Å². The largest absolute Gasteiger partial charge is 0.464 e. The molecule has 0 spiro atoms. The molecule has 0 bridgehead atoms. The third-order valence-corrected chi connectivity index (χ3v) is 3.98. The first-order chi connectivity index (χ1) is 12.1. The van der Waals surface area contributed by atoms with Gasteiger partial charge in [0.2, 0.25) is 0 Å². The number of amides is 2. The predicted molar refractivity (Wildman–Crippen MR) is 89.5 cm³/mol. The number of anilines is 1. The van der Waals surface area contributed by atoms with Crippen LogP contribution < -0.4 is 5.32 Å². The van der Waals surface area contributed by atoms with E-state index in [0.717, 1.165) is 25.9 Å². The minimum atomic E-state index is -0.616. The number of likely N-dealkylation sites (tertiary alicyclic amines) is 1. The number of ether oxygens (including phenoxy) is 1. The monoisotopic (exact) mass is 342 g/mol. The Morgan fingerprint density at radius 3 is 2.72 bits per heavy atom. The molecular formula is C17H18N4O4. The normalized spacial score (nSPS) is 13.6. The standard InChI is InChI=1S/C17H18N4O4/c1-25-17(24)14-8-11(4-5-18-14)15(22)20-12-9-13(19-10-12)16(23)21-6-2-3-7-21/h4-5,8-10,19H,2-3,6-7H2,1H3,(H,20,22). The average molecular weight is 342 g/mol. The lowest BCUT2D eigenvalue weighted by Gasteiger charge is -2.13. The summed E-state index contributed by atoms with van der Waals surface area (Å²) in [6.07, 6.45) is 4.95. The van der Waals surface area contributed by atoms with Crippen molar-refractivity contribution in [2.75, 3.05) is 25.5 Å². The van der Waals surface area contributed by atoms with E-state index in [1.165, 1.54) is 25.4 Å². The van der Waals surface area contributed by atoms with Gasteiger partial charge in [-0.2, -0.15) is 0 Å². The van der Waals surface area contributed by atoms with Crippen LogP contribution in [0.15, 0.2) is 30.6 Å². The van der Waals surface area contributed by atoms with Crippen LogP contribution in [0, 0.1) is 0 Å². The van der Waals surface area contributed by atoms with E-state index in [2.05, 4.69) is 20.0 Å². The van der Waals surface area contributed by atoms with Crippen LogP contribution >= 0.6 is 0 Å². The third kappa shape index (κ3) is 3.68. The van der Waals surface area contributed by atoms with E-state index < -0.39 is 11.9 Å². The molecule has 2 N–H and O–H groups in total. The fraction of sp³-hybridized carbons (Fsp3) is 0.294. The number of hydrogen-bond donors (Lipinski definition) is 2. The van der Waals surface area contributed by atoms with Crippen LogP contribution in [-0.2, 0) is 4.74 Å². The van der Waals surface area contributed by atoms with Gasteiger partial charge < -0.3 is 19.9 Å². The average Bonchev–Trinajstić information content (AvgIpc) is 3.32. The van der Waals surface area contributed by atoms with Crippen molar-refractivity contribution in [2.45, 2.75) is 12.8 Å². The van der Waals surface area contributed by atoms with E-state index in [0.29, 0.717) is 11.4 Å². The fourth-order valence-electron chi connectivity index (χ4n) is 2.67. The predicted octanol–water partition coefficient (Wildman–Crippen LogP) is 1.68. The maximum absolute atomic E-state index is 12.3. The molecule has 0 radical (unpaired) electrons. The molecule has 1 aliphatic heterocycles. The molecular weight excluding hydrogens is 324 g/mol. The summed E-state index contributed by atoms with van der Waals surface area (Å²) in [5.74, 6) is -1.10. The molecule has 0 unspecified atom stereocenters. The van der Waals surface area contributed by atoms with Gasteiger partial charge >= 0.3 is 5.97 Å². The van der Waals surface area contributed by atoms with Gasteiger partial charge in [0, 0.05) is 31.0 Å². The van der Waals surface area contributed by atoms with Crippen LogP contribution in [0.1, 0.15) is 44.2 Å². The molecule has 0 aromatic carbocycles. The first-order valence-electron chi connectivity index (χ1n) is 7.92. The second-order valence-corrected chi connectivity index (χ2v) is 5.68. The Hall–Kier alpha value is -3.16. The smallest absolute Gasteiger partial charge is 0.356 e. The maximum atomic E-state index is 12.3. The van der Waals surface area contributed by atoms with Crippen molar-refractivity contribution in [3.05, 3.63) is 47.5 Å². The molecule has 2 aromatic heterocycles. The number of carbonyl (C=O) groups excluding carboxylic acids is 3. The number of nitrogens with zero attached hydrogens (tertiary/aromatic N) is 2. The van der Waals surface area contributed by atoms with Gasteiger partial charge in [-0.1, -0.05) is 0 Å². The number of aromatic amines is 1. The number of hydrogen-bond acceptors (Lipinski definition) is 5. The lowest BCUT2D eigenvalue weighted by atomic mass is 10.2. The lowest BCUT2D eigenvalue weighted by molar-refractivity contribution is 0.0593. The Bertz CT molecular complexity index is 808. The summed E-state index contributed by atoms with van der Waals surface area (Å²) >= 11 is 0. The van der Waals surface area contributed by atoms with E-state index in [-0.39, 0.29) is 17.2 Å². The summed E-state index contributed by atoms with van der Waals surface area (Å²) in [6.45, 7) is 1.51. The van der Waals surface area contributed by atoms with Crippen molar-refractivity contribution in [3.8, 4) is 0 Å². The Morgan fingerprint density at radius 1 is 1.24 bits per heavy atom. The Morgan fingerprint density at radius 2 is 2.00 bits per heavy atom. The zero-order chi connectivity index (χ0) is 17.8. The highest BCUT2D eigenvalue weighted by Gasteiger charge is 2.21. The molecule has 3 rings (SSSR count). The topological polar surface area (TPSA) is 104 Å². The van der Waals surface area contributed by atoms with Crippen molar-refractivity contribution in [3.63, 3.8) is 0 Å². The van der Waals surface area contributed by atoms with Gasteiger partial charge in [-0.25, -0.2) is 9.78 Å². The molecule has 3 heterocycles. The second kappa shape index (κ2) is 7.16. The van der Waals surface area contributed by atoms with E-state index in [1.54, 1.807) is 17.2 Å². The van der Waals surface area contributed by atoms with Crippen molar-refractivity contribution >= 4 is 23.5 Å². The molecule has 25 heavy (non-hydrogen) atoms. The fourth-order valence-corrected chi connectivity index (χ4v) is 2.67. The molecule has 0 saturated carbocycles. The third-order valence-electron chi connectivity index (χ3n) is 3.98. The summed E-state index contributed by atoms with van der Waals surface area (Å²) in [6, 6.07) is 4.44. The number of rotatable bonds is 4. The van der Waals surface area contributed by atoms with E-state index in [9.17, 15) is 14.4 Å². The van der Waals surface area contributed by atoms with Crippen LogP contribution in [0.25, 0.3) is 0 Å². The Kier molecular flexibility index (Phi) is 4.78. The van der Waals surface area contributed by atoms with Crippen molar-refractivity contribution < 1.29 is 19.1 Å². The number of nitrogens with one attached hydrogen (secondary N) is 2. The Balaban J connectivity index is 1.69. The molecule has 2 aromatic rings. The van der Waals surface area contributed by atoms with Crippen LogP contribution in [-0.4, -0.2) is 52.9 Å². The van der Waals surface area contributed by atoms with Crippen molar-refractivity contribution in [1.82, 2.24) is 14.9 Å². The molecule has 0 atom stereocenters. The van der Waals surface area contributed by atoms with Gasteiger partial charge in [0.1, 0.15) is 11.4 Å². The Labute approximate surface area is 144 Å². The summed E-state index contributed by atoms with van der Waals surface area (Å²) in [5, 5.41) is 2.69. The first kappa shape index (κ1) is 16.7. The van der Waals surface area contributed by atoms with Crippen molar-refractivity contribution in [1.29, 1.82) is 0 Å². The highest BCUT2D eigenvalue weighted by molar-refractivity contribution is 6.06. The van der Waals surface area contributed by atoms with Gasteiger partial charge in [0.25, 0.3) is 11.8 Å². The minimum Gasteiger partial charge on any atom is -0.464 e. The van der Waals surface area contributed by atoms with Gasteiger partial charge in [0.05, 0.1) is 12.8 Å². The van der Waals surface area contributed by atoms with E-state index in [4.69, 9.17) is 0 Å². The molecule has 2 amide bonds. The van der Waals surface area contributed by atoms with Crippen LogP contribution in [0.5, 0.6) is 0 Å². The van der Waals surface area contributed by atoms with Gasteiger partial charge in [-0.15, -0.1) is 0 Å². The number of methoxy groups -OCH3 is 1. The van der Waals surface area contributed by atoms with Crippen LogP contribution in [0.3, 0.4) is 0 Å². The number of aromatic nitrogens is 2. The molecule has 1 saturated heterocycles. The van der Waals surface area contributed by atoms with Gasteiger partial charge in [0.15, 0.2) is 0 Å².